The van der Waals surface area contributed by atoms with Gasteiger partial charge in [0.15, 0.2) is 0 Å². The number of alkyl halides is 3. The van der Waals surface area contributed by atoms with Crippen molar-refractivity contribution in [1.29, 1.82) is 0 Å². The van der Waals surface area contributed by atoms with Gasteiger partial charge < -0.3 is 20.5 Å². The normalized spacial score (nSPS) is 11.4. The van der Waals surface area contributed by atoms with Crippen LogP contribution in [0.2, 0.25) is 0 Å². The van der Waals surface area contributed by atoms with E-state index >= 15 is 0 Å². The first kappa shape index (κ1) is 28.0. The number of nitrogens with zero attached hydrogens (tertiary/aromatic N) is 1. The van der Waals surface area contributed by atoms with Crippen molar-refractivity contribution in [3.8, 4) is 11.1 Å². The van der Waals surface area contributed by atoms with Crippen LogP contribution in [0.5, 0.6) is 0 Å². The monoisotopic (exact) mass is 577 g/mol. The first-order valence-electron chi connectivity index (χ1n) is 11.6. The number of amides is 1. The molecule has 0 aliphatic heterocycles. The summed E-state index contributed by atoms with van der Waals surface area (Å²) < 4.78 is 51.1. The minimum absolute atomic E-state index is 0.0167. The van der Waals surface area contributed by atoms with Crippen molar-refractivity contribution < 1.29 is 37.0 Å². The highest BCUT2D eigenvalue weighted by Gasteiger charge is 2.35. The van der Waals surface area contributed by atoms with Gasteiger partial charge in [0, 0.05) is 5.39 Å². The van der Waals surface area contributed by atoms with Gasteiger partial charge in [0.25, 0.3) is 5.91 Å². The van der Waals surface area contributed by atoms with Crippen LogP contribution in [-0.2, 0) is 15.7 Å². The number of nitrogens with two attached hydrogens (primary N) is 1. The lowest BCUT2D eigenvalue weighted by Gasteiger charge is -2.10. The Morgan fingerprint density at radius 2 is 1.64 bits per heavy atom. The van der Waals surface area contributed by atoms with Crippen molar-refractivity contribution in [2.45, 2.75) is 26.9 Å². The van der Waals surface area contributed by atoms with Gasteiger partial charge in [0.1, 0.15) is 25.3 Å². The number of aromatic nitrogens is 1. The maximum atomic E-state index is 13.7. The van der Waals surface area contributed by atoms with E-state index in [4.69, 9.17) is 15.2 Å². The summed E-state index contributed by atoms with van der Waals surface area (Å²) in [4.78, 5) is 42.2. The Morgan fingerprint density at radius 1 is 1.00 bits per heavy atom. The Kier molecular flexibility index (Phi) is 7.93. The molecule has 0 radical (unpaired) electrons. The van der Waals surface area contributed by atoms with Crippen LogP contribution >= 0.6 is 22.7 Å². The highest BCUT2D eigenvalue weighted by molar-refractivity contribution is 7.22. The van der Waals surface area contributed by atoms with Gasteiger partial charge in [-0.3, -0.25) is 4.79 Å². The van der Waals surface area contributed by atoms with Gasteiger partial charge >= 0.3 is 18.1 Å². The highest BCUT2D eigenvalue weighted by atomic mass is 32.1. The zero-order chi connectivity index (χ0) is 28.5. The Hall–Kier alpha value is -3.97. The maximum Gasteiger partial charge on any atom is 0.433 e. The Labute approximate surface area is 228 Å². The van der Waals surface area contributed by atoms with Crippen LogP contribution in [0.3, 0.4) is 0 Å². The Bertz CT molecular complexity index is 1580. The van der Waals surface area contributed by atoms with E-state index in [1.54, 1.807) is 44.2 Å². The van der Waals surface area contributed by atoms with Gasteiger partial charge in [0.05, 0.1) is 24.5 Å². The van der Waals surface area contributed by atoms with Crippen LogP contribution in [0.1, 0.15) is 54.8 Å². The van der Waals surface area contributed by atoms with Gasteiger partial charge in [-0.2, -0.15) is 13.2 Å². The largest absolute Gasteiger partial charge is 0.462 e. The van der Waals surface area contributed by atoms with E-state index < -0.39 is 29.7 Å². The fourth-order valence-corrected chi connectivity index (χ4v) is 5.98. The van der Waals surface area contributed by atoms with Gasteiger partial charge in [0.2, 0.25) is 0 Å². The van der Waals surface area contributed by atoms with E-state index in [0.717, 1.165) is 17.4 Å². The standard InChI is InChI=1S/C26H22F3N3O5S2/c1-4-36-24(34)16-12(3)19(25(35)37-5-2)38-22(16)32-21(33)20-18(30)17-14(13-9-7-6-8-10-13)11-15(26(27,28)29)31-23(17)39-20/h6-11H,4-5,30H2,1-3H3,(H,32,33). The molecule has 0 spiro atoms. The maximum absolute atomic E-state index is 13.7. The fraction of sp³-hybridized carbons (Fsp3) is 0.231. The highest BCUT2D eigenvalue weighted by Crippen LogP contribution is 2.43. The number of fused-ring (bicyclic) bond motifs is 1. The number of carbonyl (C=O) groups excluding carboxylic acids is 3. The van der Waals surface area contributed by atoms with Gasteiger partial charge in [-0.1, -0.05) is 30.3 Å². The number of hydrogen-bond donors (Lipinski definition) is 2. The number of nitrogens with one attached hydrogen (secondary N) is 1. The van der Waals surface area contributed by atoms with Crippen molar-refractivity contribution in [2.24, 2.45) is 0 Å². The van der Waals surface area contributed by atoms with E-state index in [1.165, 1.54) is 6.92 Å². The smallest absolute Gasteiger partial charge is 0.433 e. The third-order valence-corrected chi connectivity index (χ3v) is 7.88. The average molecular weight is 578 g/mol. The molecule has 4 rings (SSSR count). The number of halogens is 3. The fourth-order valence-electron chi connectivity index (χ4n) is 3.88. The third kappa shape index (κ3) is 5.45. The molecular weight excluding hydrogens is 555 g/mol. The topological polar surface area (TPSA) is 121 Å². The zero-order valence-electron chi connectivity index (χ0n) is 20.9. The summed E-state index contributed by atoms with van der Waals surface area (Å²) in [5.74, 6) is -2.22. The number of esters is 2. The molecule has 8 nitrogen and oxygen atoms in total. The molecule has 0 fully saturated rings. The van der Waals surface area contributed by atoms with Crippen molar-refractivity contribution in [1.82, 2.24) is 4.98 Å². The second-order valence-corrected chi connectivity index (χ2v) is 10.1. The molecule has 3 N–H and O–H groups in total. The molecule has 0 unspecified atom stereocenters. The zero-order valence-corrected chi connectivity index (χ0v) is 22.5. The summed E-state index contributed by atoms with van der Waals surface area (Å²) in [7, 11) is 0. The molecule has 1 amide bonds. The van der Waals surface area contributed by atoms with Crippen LogP contribution in [0.4, 0.5) is 23.9 Å². The molecule has 39 heavy (non-hydrogen) atoms. The minimum atomic E-state index is -4.73. The van der Waals surface area contributed by atoms with Crippen LogP contribution in [0.15, 0.2) is 36.4 Å². The molecule has 0 saturated carbocycles. The second kappa shape index (κ2) is 11.0. The molecule has 0 aliphatic rings. The molecule has 13 heteroatoms. The number of benzene rings is 1. The lowest BCUT2D eigenvalue weighted by molar-refractivity contribution is -0.140. The van der Waals surface area contributed by atoms with Gasteiger partial charge in [-0.25, -0.2) is 14.6 Å². The number of carbonyl (C=O) groups is 3. The van der Waals surface area contributed by atoms with E-state index in [1.807, 2.05) is 0 Å². The molecule has 3 aromatic heterocycles. The summed E-state index contributed by atoms with van der Waals surface area (Å²) in [5.41, 5.74) is 6.00. The number of pyridine rings is 1. The number of hydrogen-bond acceptors (Lipinski definition) is 9. The summed E-state index contributed by atoms with van der Waals surface area (Å²) >= 11 is 1.51. The van der Waals surface area contributed by atoms with Crippen molar-refractivity contribution in [2.75, 3.05) is 24.3 Å². The van der Waals surface area contributed by atoms with Gasteiger partial charge in [-0.05, 0) is 43.5 Å². The van der Waals surface area contributed by atoms with Crippen molar-refractivity contribution in [3.05, 3.63) is 63.0 Å². The number of rotatable bonds is 7. The number of nitrogen functional groups attached to an aromatic ring is 1. The SMILES string of the molecule is CCOC(=O)c1sc(NC(=O)c2sc3nc(C(F)(F)F)cc(-c4ccccc4)c3c2N)c(C(=O)OCC)c1C. The van der Waals surface area contributed by atoms with Crippen LogP contribution in [0, 0.1) is 6.92 Å². The van der Waals surface area contributed by atoms with Crippen molar-refractivity contribution >= 4 is 61.4 Å². The average Bonchev–Trinajstić information content (AvgIpc) is 3.40. The van der Waals surface area contributed by atoms with Crippen molar-refractivity contribution in [3.63, 3.8) is 0 Å². The molecule has 1 aromatic carbocycles. The van der Waals surface area contributed by atoms with Crippen LogP contribution in [-0.4, -0.2) is 36.0 Å². The molecule has 204 valence electrons. The van der Waals surface area contributed by atoms with Crippen LogP contribution in [0.25, 0.3) is 21.3 Å². The number of thiophene rings is 2. The first-order chi connectivity index (χ1) is 18.5. The summed E-state index contributed by atoms with van der Waals surface area (Å²) in [6.07, 6.45) is -4.73. The third-order valence-electron chi connectivity index (χ3n) is 5.59. The Balaban J connectivity index is 1.83. The number of ether oxygens (including phenoxy) is 2. The number of anilines is 2. The summed E-state index contributed by atoms with van der Waals surface area (Å²) in [6.45, 7) is 4.90. The summed E-state index contributed by atoms with van der Waals surface area (Å²) in [6, 6.07) is 9.21. The molecule has 0 bridgehead atoms. The van der Waals surface area contributed by atoms with Gasteiger partial charge in [-0.15, -0.1) is 22.7 Å². The second-order valence-electron chi connectivity index (χ2n) is 8.10. The minimum Gasteiger partial charge on any atom is -0.462 e. The molecular formula is C26H22F3N3O5S2. The molecule has 0 atom stereocenters. The van der Waals surface area contributed by atoms with E-state index in [0.29, 0.717) is 16.9 Å². The predicted molar refractivity (Wildman–Crippen MR) is 143 cm³/mol. The molecule has 3 heterocycles. The van der Waals surface area contributed by atoms with E-state index in [9.17, 15) is 27.6 Å². The lowest BCUT2D eigenvalue weighted by Crippen LogP contribution is -2.15. The first-order valence-corrected chi connectivity index (χ1v) is 13.3. The molecule has 0 aliphatic carbocycles. The van der Waals surface area contributed by atoms with E-state index in [2.05, 4.69) is 10.3 Å². The lowest BCUT2D eigenvalue weighted by atomic mass is 10.0. The predicted octanol–water partition coefficient (Wildman–Crippen LogP) is 6.54. The molecule has 4 aromatic rings. The molecule has 0 saturated heterocycles. The Morgan fingerprint density at radius 3 is 2.26 bits per heavy atom. The van der Waals surface area contributed by atoms with E-state index in [-0.39, 0.29) is 60.6 Å². The van der Waals surface area contributed by atoms with Crippen LogP contribution < -0.4 is 11.1 Å². The quantitative estimate of drug-likeness (QED) is 0.239. The summed E-state index contributed by atoms with van der Waals surface area (Å²) in [5, 5.41) is 2.80.